The molecule has 1 saturated heterocycles. The minimum atomic E-state index is 0.0331. The molecule has 0 bridgehead atoms. The third-order valence-electron chi connectivity index (χ3n) is 4.64. The number of benzene rings is 1. The number of ether oxygens (including phenoxy) is 1. The van der Waals surface area contributed by atoms with E-state index in [0.717, 1.165) is 25.9 Å². The van der Waals surface area contributed by atoms with E-state index in [1.54, 1.807) is 11.3 Å². The van der Waals surface area contributed by atoms with Crippen LogP contribution in [0, 0.1) is 0 Å². The topological polar surface area (TPSA) is 45.7 Å². The van der Waals surface area contributed by atoms with E-state index in [9.17, 15) is 4.79 Å². The fourth-order valence-electron chi connectivity index (χ4n) is 3.22. The number of nitrogens with zero attached hydrogens (tertiary/aromatic N) is 3. The van der Waals surface area contributed by atoms with Gasteiger partial charge in [0.2, 0.25) is 0 Å². The van der Waals surface area contributed by atoms with Crippen molar-refractivity contribution in [2.45, 2.75) is 6.54 Å². The Balaban J connectivity index is 1.70. The van der Waals surface area contributed by atoms with Crippen LogP contribution in [0.4, 0.5) is 5.82 Å². The van der Waals surface area contributed by atoms with E-state index in [1.807, 2.05) is 59.3 Å². The van der Waals surface area contributed by atoms with Crippen LogP contribution in [-0.4, -0.2) is 49.1 Å². The van der Waals surface area contributed by atoms with Crippen LogP contribution in [0.1, 0.15) is 15.2 Å². The highest BCUT2D eigenvalue weighted by Gasteiger charge is 2.22. The van der Waals surface area contributed by atoms with Crippen molar-refractivity contribution in [1.29, 1.82) is 0 Å². The van der Waals surface area contributed by atoms with Crippen molar-refractivity contribution < 1.29 is 9.53 Å². The summed E-state index contributed by atoms with van der Waals surface area (Å²) in [5, 5.41) is 0.880. The normalized spacial score (nSPS) is 14.5. The van der Waals surface area contributed by atoms with Gasteiger partial charge in [0, 0.05) is 30.4 Å². The van der Waals surface area contributed by atoms with Gasteiger partial charge in [-0.05, 0) is 24.3 Å². The number of hydrogen-bond donors (Lipinski definition) is 0. The predicted octanol–water partition coefficient (Wildman–Crippen LogP) is 4.06. The first kappa shape index (κ1) is 18.2. The molecule has 1 fully saturated rings. The second-order valence-corrected chi connectivity index (χ2v) is 8.31. The van der Waals surface area contributed by atoms with Gasteiger partial charge in [-0.1, -0.05) is 29.8 Å². The molecule has 3 aromatic rings. The van der Waals surface area contributed by atoms with E-state index in [-0.39, 0.29) is 5.91 Å². The lowest BCUT2D eigenvalue weighted by Gasteiger charge is -2.28. The molecule has 0 unspecified atom stereocenters. The van der Waals surface area contributed by atoms with E-state index in [4.69, 9.17) is 21.3 Å². The van der Waals surface area contributed by atoms with Crippen molar-refractivity contribution in [3.63, 3.8) is 0 Å². The predicted molar refractivity (Wildman–Crippen MR) is 110 cm³/mol. The zero-order valence-electron chi connectivity index (χ0n) is 15.0. The average Bonchev–Trinajstić information content (AvgIpc) is 3.11. The highest BCUT2D eigenvalue weighted by molar-refractivity contribution is 7.16. The number of aromatic nitrogens is 1. The number of hydrogen-bond acceptors (Lipinski definition) is 5. The number of pyridine rings is 1. The zero-order valence-corrected chi connectivity index (χ0v) is 16.6. The first-order chi connectivity index (χ1) is 13.1. The van der Waals surface area contributed by atoms with Crippen LogP contribution >= 0.6 is 22.9 Å². The molecule has 4 rings (SSSR count). The Hall–Kier alpha value is -2.15. The van der Waals surface area contributed by atoms with Crippen molar-refractivity contribution in [2.24, 2.45) is 0 Å². The lowest BCUT2D eigenvalue weighted by Crippen LogP contribution is -2.40. The maximum Gasteiger partial charge on any atom is 0.254 e. The molecule has 1 amide bonds. The van der Waals surface area contributed by atoms with Gasteiger partial charge >= 0.3 is 0 Å². The van der Waals surface area contributed by atoms with E-state index < -0.39 is 0 Å². The number of halogens is 1. The second-order valence-electron chi connectivity index (χ2n) is 6.51. The highest BCUT2D eigenvalue weighted by Crippen LogP contribution is 2.27. The number of thiophene rings is 1. The number of para-hydroxylation sites is 1. The zero-order chi connectivity index (χ0) is 18.8. The van der Waals surface area contributed by atoms with E-state index in [0.29, 0.717) is 38.4 Å². The lowest BCUT2D eigenvalue weighted by atomic mass is 10.1. The summed E-state index contributed by atoms with van der Waals surface area (Å²) in [4.78, 5) is 23.0. The van der Waals surface area contributed by atoms with Crippen molar-refractivity contribution >= 4 is 45.6 Å². The Morgan fingerprint density at radius 3 is 2.78 bits per heavy atom. The molecule has 140 valence electrons. The van der Waals surface area contributed by atoms with E-state index in [2.05, 4.69) is 0 Å². The molecular formula is C20H20ClN3O2S. The number of rotatable bonds is 4. The largest absolute Gasteiger partial charge is 0.378 e. The molecule has 7 heteroatoms. The molecule has 2 aromatic heterocycles. The molecule has 0 radical (unpaired) electrons. The van der Waals surface area contributed by atoms with Crippen molar-refractivity contribution in [3.05, 3.63) is 57.2 Å². The van der Waals surface area contributed by atoms with Gasteiger partial charge in [-0.15, -0.1) is 11.3 Å². The van der Waals surface area contributed by atoms with E-state index in [1.165, 1.54) is 0 Å². The van der Waals surface area contributed by atoms with E-state index >= 15 is 0 Å². The molecule has 1 aliphatic heterocycles. The molecule has 0 spiro atoms. The second kappa shape index (κ2) is 7.84. The van der Waals surface area contributed by atoms with Gasteiger partial charge in [0.1, 0.15) is 5.82 Å². The van der Waals surface area contributed by atoms with Crippen LogP contribution in [0.2, 0.25) is 4.34 Å². The standard InChI is InChI=1S/C20H20ClN3O2S/c1-23(13-14-6-7-18(21)27-14)19-12-16(15-4-2-3-5-17(15)22-19)20(25)24-8-10-26-11-9-24/h2-7,12H,8-11,13H2,1H3. The van der Waals surface area contributed by atoms with Crippen LogP contribution in [0.25, 0.3) is 10.9 Å². The monoisotopic (exact) mass is 401 g/mol. The van der Waals surface area contributed by atoms with Crippen LogP contribution in [0.5, 0.6) is 0 Å². The summed E-state index contributed by atoms with van der Waals surface area (Å²) in [6.07, 6.45) is 0. The van der Waals surface area contributed by atoms with Crippen LogP contribution < -0.4 is 4.90 Å². The van der Waals surface area contributed by atoms with Gasteiger partial charge in [0.05, 0.1) is 35.2 Å². The van der Waals surface area contributed by atoms with Crippen molar-refractivity contribution in [3.8, 4) is 0 Å². The Morgan fingerprint density at radius 2 is 2.04 bits per heavy atom. The van der Waals surface area contributed by atoms with Crippen molar-refractivity contribution in [2.75, 3.05) is 38.3 Å². The van der Waals surface area contributed by atoms with Gasteiger partial charge < -0.3 is 14.5 Å². The third kappa shape index (κ3) is 3.93. The number of carbonyl (C=O) groups excluding carboxylic acids is 1. The molecule has 1 aromatic carbocycles. The lowest BCUT2D eigenvalue weighted by molar-refractivity contribution is 0.0304. The quantitative estimate of drug-likeness (QED) is 0.661. The van der Waals surface area contributed by atoms with Gasteiger partial charge in [0.15, 0.2) is 0 Å². The van der Waals surface area contributed by atoms with Crippen LogP contribution in [-0.2, 0) is 11.3 Å². The number of anilines is 1. The van der Waals surface area contributed by atoms with Gasteiger partial charge in [-0.25, -0.2) is 4.98 Å². The molecule has 5 nitrogen and oxygen atoms in total. The van der Waals surface area contributed by atoms with Gasteiger partial charge in [-0.3, -0.25) is 4.79 Å². The third-order valence-corrected chi connectivity index (χ3v) is 5.86. The molecule has 3 heterocycles. The first-order valence-corrected chi connectivity index (χ1v) is 10.0. The molecule has 27 heavy (non-hydrogen) atoms. The molecule has 0 saturated carbocycles. The highest BCUT2D eigenvalue weighted by atomic mass is 35.5. The summed E-state index contributed by atoms with van der Waals surface area (Å²) in [6.45, 7) is 3.10. The van der Waals surface area contributed by atoms with Gasteiger partial charge in [0.25, 0.3) is 5.91 Å². The summed E-state index contributed by atoms with van der Waals surface area (Å²) < 4.78 is 6.15. The Kier molecular flexibility index (Phi) is 5.29. The maximum absolute atomic E-state index is 13.2. The molecular weight excluding hydrogens is 382 g/mol. The minimum absolute atomic E-state index is 0.0331. The fourth-order valence-corrected chi connectivity index (χ4v) is 4.36. The summed E-state index contributed by atoms with van der Waals surface area (Å²) in [5.41, 5.74) is 1.51. The minimum Gasteiger partial charge on any atom is -0.378 e. The van der Waals surface area contributed by atoms with Crippen LogP contribution in [0.15, 0.2) is 42.5 Å². The molecule has 1 aliphatic rings. The first-order valence-electron chi connectivity index (χ1n) is 8.84. The summed E-state index contributed by atoms with van der Waals surface area (Å²) >= 11 is 7.60. The maximum atomic E-state index is 13.2. The summed E-state index contributed by atoms with van der Waals surface area (Å²) in [7, 11) is 1.98. The Labute approximate surface area is 167 Å². The Bertz CT molecular complexity index is 969. The number of amides is 1. The van der Waals surface area contributed by atoms with Gasteiger partial charge in [-0.2, -0.15) is 0 Å². The SMILES string of the molecule is CN(Cc1ccc(Cl)s1)c1cc(C(=O)N2CCOCC2)c2ccccc2n1. The number of morpholine rings is 1. The summed E-state index contributed by atoms with van der Waals surface area (Å²) in [5.74, 6) is 0.806. The van der Waals surface area contributed by atoms with Crippen molar-refractivity contribution in [1.82, 2.24) is 9.88 Å². The van der Waals surface area contributed by atoms with Crippen LogP contribution in [0.3, 0.4) is 0 Å². The molecule has 0 aliphatic carbocycles. The molecule has 0 atom stereocenters. The molecule has 0 N–H and O–H groups in total. The number of carbonyl (C=O) groups is 1. The summed E-state index contributed by atoms with van der Waals surface area (Å²) in [6, 6.07) is 13.6. The Morgan fingerprint density at radius 1 is 1.26 bits per heavy atom. The smallest absolute Gasteiger partial charge is 0.254 e. The number of fused-ring (bicyclic) bond motifs is 1. The average molecular weight is 402 g/mol. The fraction of sp³-hybridized carbons (Fsp3) is 0.300.